The van der Waals surface area contributed by atoms with Crippen LogP contribution in [0.1, 0.15) is 5.56 Å². The van der Waals surface area contributed by atoms with Gasteiger partial charge in [0.25, 0.3) is 0 Å². The molecule has 0 saturated carbocycles. The molecule has 1 fully saturated rings. The Hall–Kier alpha value is -3.63. The molecule has 0 unspecified atom stereocenters. The molecule has 4 aromatic rings. The van der Waals surface area contributed by atoms with Gasteiger partial charge in [0.15, 0.2) is 0 Å². The van der Waals surface area contributed by atoms with Crippen LogP contribution in [0.2, 0.25) is 0 Å². The first kappa shape index (κ1) is 22.2. The molecule has 0 atom stereocenters. The zero-order valence-corrected chi connectivity index (χ0v) is 19.5. The fraction of sp³-hybridized carbons (Fsp3) is 0.250. The number of rotatable bonds is 5. The minimum atomic E-state index is -3.64. The second-order valence-corrected chi connectivity index (χ2v) is 10.2. The molecule has 2 heterocycles. The largest absolute Gasteiger partial charge is 0.338 e. The Morgan fingerprint density at radius 1 is 0.912 bits per heavy atom. The molecule has 0 spiro atoms. The Morgan fingerprint density at radius 2 is 1.62 bits per heavy atom. The summed E-state index contributed by atoms with van der Waals surface area (Å²) in [4.78, 5) is 15.9. The zero-order valence-electron chi connectivity index (χ0n) is 18.7. The van der Waals surface area contributed by atoms with Gasteiger partial charge in [-0.3, -0.25) is 4.79 Å². The first-order valence-corrected chi connectivity index (χ1v) is 12.5. The summed E-state index contributed by atoms with van der Waals surface area (Å²) in [5.74, 6) is 0.287. The second-order valence-electron chi connectivity index (χ2n) is 8.30. The lowest BCUT2D eigenvalue weighted by Gasteiger charge is -2.33. The van der Waals surface area contributed by atoms with Gasteiger partial charge in [-0.25, -0.2) is 8.42 Å². The van der Waals surface area contributed by atoms with Crippen LogP contribution in [-0.2, 0) is 21.4 Å². The van der Waals surface area contributed by atoms with Crippen molar-refractivity contribution < 1.29 is 13.2 Å². The lowest BCUT2D eigenvalue weighted by atomic mass is 10.1. The molecule has 9 nitrogen and oxygen atoms in total. The first-order chi connectivity index (χ1) is 16.4. The molecule has 1 saturated heterocycles. The van der Waals surface area contributed by atoms with E-state index in [1.807, 2.05) is 61.5 Å². The Morgan fingerprint density at radius 3 is 2.35 bits per heavy atom. The number of aryl methyl sites for hydroxylation is 1. The van der Waals surface area contributed by atoms with Crippen molar-refractivity contribution in [3.63, 3.8) is 0 Å². The van der Waals surface area contributed by atoms with Gasteiger partial charge in [-0.2, -0.15) is 9.10 Å². The highest BCUT2D eigenvalue weighted by atomic mass is 32.2. The molecule has 0 bridgehead atoms. The topological polar surface area (TPSA) is 101 Å². The highest BCUT2D eigenvalue weighted by Gasteiger charge is 2.30. The number of tetrazole rings is 1. The minimum absolute atomic E-state index is 0.0454. The lowest BCUT2D eigenvalue weighted by Crippen LogP contribution is -2.51. The Kier molecular flexibility index (Phi) is 5.84. The van der Waals surface area contributed by atoms with E-state index in [9.17, 15) is 13.2 Å². The van der Waals surface area contributed by atoms with Crippen molar-refractivity contribution in [1.29, 1.82) is 0 Å². The van der Waals surface area contributed by atoms with Crippen molar-refractivity contribution in [2.24, 2.45) is 0 Å². The zero-order chi connectivity index (χ0) is 23.7. The standard InChI is InChI=1S/C24H24N6O3S/c1-18-6-8-20(9-7-18)24-25-27-30(26-24)17-23(31)28-12-14-29(15-13-28)34(32,33)22-11-10-19-4-2-3-5-21(19)16-22/h2-11,16H,12-15,17H2,1H3. The molecule has 5 rings (SSSR count). The van der Waals surface area contributed by atoms with E-state index in [1.54, 1.807) is 17.0 Å². The van der Waals surface area contributed by atoms with Crippen molar-refractivity contribution in [2.75, 3.05) is 26.2 Å². The van der Waals surface area contributed by atoms with Gasteiger partial charge < -0.3 is 4.90 Å². The number of sulfonamides is 1. The first-order valence-electron chi connectivity index (χ1n) is 11.0. The number of nitrogens with zero attached hydrogens (tertiary/aromatic N) is 6. The number of fused-ring (bicyclic) bond motifs is 1. The summed E-state index contributed by atoms with van der Waals surface area (Å²) in [7, 11) is -3.64. The Bertz CT molecular complexity index is 1440. The van der Waals surface area contributed by atoms with E-state index in [0.29, 0.717) is 18.9 Å². The lowest BCUT2D eigenvalue weighted by molar-refractivity contribution is -0.133. The number of piperazine rings is 1. The third-order valence-corrected chi connectivity index (χ3v) is 7.88. The van der Waals surface area contributed by atoms with Crippen LogP contribution in [0.4, 0.5) is 0 Å². The third kappa shape index (κ3) is 4.42. The van der Waals surface area contributed by atoms with Crippen molar-refractivity contribution >= 4 is 26.7 Å². The van der Waals surface area contributed by atoms with Gasteiger partial charge in [0, 0.05) is 31.7 Å². The maximum absolute atomic E-state index is 13.1. The van der Waals surface area contributed by atoms with E-state index in [2.05, 4.69) is 15.4 Å². The molecule has 0 N–H and O–H groups in total. The highest BCUT2D eigenvalue weighted by Crippen LogP contribution is 2.23. The number of benzene rings is 3. The average Bonchev–Trinajstić information content (AvgIpc) is 3.32. The number of carbonyl (C=O) groups excluding carboxylic acids is 1. The molecular weight excluding hydrogens is 452 g/mol. The molecule has 10 heteroatoms. The molecule has 1 aromatic heterocycles. The average molecular weight is 477 g/mol. The van der Waals surface area contributed by atoms with Crippen LogP contribution in [0.5, 0.6) is 0 Å². The van der Waals surface area contributed by atoms with Crippen molar-refractivity contribution in [3.8, 4) is 11.4 Å². The quantitative estimate of drug-likeness (QED) is 0.438. The fourth-order valence-electron chi connectivity index (χ4n) is 4.00. The smallest absolute Gasteiger partial charge is 0.246 e. The SMILES string of the molecule is Cc1ccc(-c2nnn(CC(=O)N3CCN(S(=O)(=O)c4ccc5ccccc5c4)CC3)n2)cc1. The predicted molar refractivity (Wildman–Crippen MR) is 127 cm³/mol. The molecule has 0 aliphatic carbocycles. The van der Waals surface area contributed by atoms with E-state index in [1.165, 1.54) is 9.10 Å². The fourth-order valence-corrected chi connectivity index (χ4v) is 5.46. The Balaban J connectivity index is 1.21. The summed E-state index contributed by atoms with van der Waals surface area (Å²) in [6, 6.07) is 20.6. The van der Waals surface area contributed by atoms with Crippen LogP contribution in [0.3, 0.4) is 0 Å². The maximum atomic E-state index is 13.1. The van der Waals surface area contributed by atoms with E-state index in [0.717, 1.165) is 21.9 Å². The molecular formula is C24H24N6O3S. The van der Waals surface area contributed by atoms with E-state index >= 15 is 0 Å². The van der Waals surface area contributed by atoms with Crippen LogP contribution in [0.25, 0.3) is 22.2 Å². The number of hydrogen-bond donors (Lipinski definition) is 0. The summed E-state index contributed by atoms with van der Waals surface area (Å²) >= 11 is 0. The highest BCUT2D eigenvalue weighted by molar-refractivity contribution is 7.89. The monoisotopic (exact) mass is 476 g/mol. The van der Waals surface area contributed by atoms with Crippen molar-refractivity contribution in [1.82, 2.24) is 29.4 Å². The van der Waals surface area contributed by atoms with Gasteiger partial charge in [-0.15, -0.1) is 10.2 Å². The summed E-state index contributed by atoms with van der Waals surface area (Å²) in [6.45, 7) is 3.05. The molecule has 1 aliphatic rings. The van der Waals surface area contributed by atoms with E-state index in [4.69, 9.17) is 0 Å². The van der Waals surface area contributed by atoms with Gasteiger partial charge in [0.2, 0.25) is 21.8 Å². The number of carbonyl (C=O) groups is 1. The van der Waals surface area contributed by atoms with Gasteiger partial charge in [0.05, 0.1) is 4.90 Å². The molecule has 34 heavy (non-hydrogen) atoms. The van der Waals surface area contributed by atoms with Crippen molar-refractivity contribution in [3.05, 3.63) is 72.3 Å². The second kappa shape index (κ2) is 8.96. The third-order valence-electron chi connectivity index (χ3n) is 5.99. The van der Waals surface area contributed by atoms with Crippen LogP contribution < -0.4 is 0 Å². The summed E-state index contributed by atoms with van der Waals surface area (Å²) < 4.78 is 27.7. The normalized spacial score (nSPS) is 15.0. The van der Waals surface area contributed by atoms with Gasteiger partial charge in [-0.05, 0) is 35.0 Å². The summed E-state index contributed by atoms with van der Waals surface area (Å²) in [5.41, 5.74) is 1.96. The minimum Gasteiger partial charge on any atom is -0.338 e. The van der Waals surface area contributed by atoms with Gasteiger partial charge in [0.1, 0.15) is 6.54 Å². The van der Waals surface area contributed by atoms with Crippen LogP contribution in [0, 0.1) is 6.92 Å². The summed E-state index contributed by atoms with van der Waals surface area (Å²) in [6.07, 6.45) is 0. The number of amides is 1. The molecule has 3 aromatic carbocycles. The van der Waals surface area contributed by atoms with Crippen molar-refractivity contribution in [2.45, 2.75) is 18.4 Å². The predicted octanol–water partition coefficient (Wildman–Crippen LogP) is 2.33. The van der Waals surface area contributed by atoms with Gasteiger partial charge >= 0.3 is 0 Å². The van der Waals surface area contributed by atoms with Crippen LogP contribution in [-0.4, -0.2) is 69.9 Å². The Labute approximate surface area is 197 Å². The number of hydrogen-bond acceptors (Lipinski definition) is 6. The molecule has 1 amide bonds. The molecule has 1 aliphatic heterocycles. The van der Waals surface area contributed by atoms with E-state index < -0.39 is 10.0 Å². The number of aromatic nitrogens is 4. The summed E-state index contributed by atoms with van der Waals surface area (Å²) in [5, 5.41) is 14.2. The molecule has 0 radical (unpaired) electrons. The molecule has 174 valence electrons. The van der Waals surface area contributed by atoms with Crippen LogP contribution >= 0.6 is 0 Å². The maximum Gasteiger partial charge on any atom is 0.246 e. The van der Waals surface area contributed by atoms with Gasteiger partial charge in [-0.1, -0.05) is 60.2 Å². The van der Waals surface area contributed by atoms with E-state index in [-0.39, 0.29) is 30.4 Å². The van der Waals surface area contributed by atoms with Crippen LogP contribution in [0.15, 0.2) is 71.6 Å².